The van der Waals surface area contributed by atoms with E-state index < -0.39 is 0 Å². The highest BCUT2D eigenvalue weighted by atomic mass is 16.5. The van der Waals surface area contributed by atoms with Crippen LogP contribution in [0.3, 0.4) is 0 Å². The molecular weight excluding hydrogens is 190 g/mol. The molecule has 82 valence electrons. The fourth-order valence-corrected chi connectivity index (χ4v) is 1.47. The van der Waals surface area contributed by atoms with Crippen LogP contribution >= 0.6 is 0 Å². The van der Waals surface area contributed by atoms with Gasteiger partial charge in [-0.25, -0.2) is 0 Å². The summed E-state index contributed by atoms with van der Waals surface area (Å²) in [6, 6.07) is 7.62. The second-order valence-electron chi connectivity index (χ2n) is 3.77. The molecule has 0 atom stereocenters. The maximum absolute atomic E-state index is 11.6. The molecule has 0 radical (unpaired) electrons. The topological polar surface area (TPSA) is 29.5 Å². The number of ketones is 1. The third-order valence-electron chi connectivity index (χ3n) is 2.07. The monoisotopic (exact) mass is 207 g/mol. The van der Waals surface area contributed by atoms with Gasteiger partial charge in [-0.05, 0) is 20.2 Å². The standard InChI is InChI=1S/C12H17NO2/c1-13(2)9-11(14)8-10-6-4-5-7-12(10)15-3/h4-7H,8-9H2,1-3H3. The Morgan fingerprint density at radius 1 is 1.33 bits per heavy atom. The van der Waals surface area contributed by atoms with E-state index in [0.717, 1.165) is 11.3 Å². The Hall–Kier alpha value is -1.35. The minimum atomic E-state index is 0.199. The fourth-order valence-electron chi connectivity index (χ4n) is 1.47. The lowest BCUT2D eigenvalue weighted by Crippen LogP contribution is -2.23. The summed E-state index contributed by atoms with van der Waals surface area (Å²) in [5.74, 6) is 0.981. The van der Waals surface area contributed by atoms with E-state index >= 15 is 0 Å². The molecule has 3 heteroatoms. The van der Waals surface area contributed by atoms with Crippen LogP contribution in [0.5, 0.6) is 5.75 Å². The van der Waals surface area contributed by atoms with Crippen LogP contribution in [0.15, 0.2) is 24.3 Å². The lowest BCUT2D eigenvalue weighted by atomic mass is 10.1. The lowest BCUT2D eigenvalue weighted by Gasteiger charge is -2.10. The van der Waals surface area contributed by atoms with Crippen LogP contribution in [-0.4, -0.2) is 38.4 Å². The fraction of sp³-hybridized carbons (Fsp3) is 0.417. The Balaban J connectivity index is 2.67. The molecule has 15 heavy (non-hydrogen) atoms. The summed E-state index contributed by atoms with van der Waals surface area (Å²) in [6.45, 7) is 0.470. The van der Waals surface area contributed by atoms with Gasteiger partial charge in [0, 0.05) is 12.0 Å². The van der Waals surface area contributed by atoms with Crippen LogP contribution in [0.4, 0.5) is 0 Å². The number of para-hydroxylation sites is 1. The number of likely N-dealkylation sites (N-methyl/N-ethyl adjacent to an activating group) is 1. The van der Waals surface area contributed by atoms with Gasteiger partial charge in [0.05, 0.1) is 13.7 Å². The SMILES string of the molecule is COc1ccccc1CC(=O)CN(C)C. The van der Waals surface area contributed by atoms with Gasteiger partial charge in [0.1, 0.15) is 5.75 Å². The van der Waals surface area contributed by atoms with E-state index in [4.69, 9.17) is 4.74 Å². The summed E-state index contributed by atoms with van der Waals surface area (Å²) in [4.78, 5) is 13.5. The summed E-state index contributed by atoms with van der Waals surface area (Å²) in [7, 11) is 5.40. The number of nitrogens with zero attached hydrogens (tertiary/aromatic N) is 1. The second-order valence-corrected chi connectivity index (χ2v) is 3.77. The third-order valence-corrected chi connectivity index (χ3v) is 2.07. The summed E-state index contributed by atoms with van der Waals surface area (Å²) >= 11 is 0. The number of hydrogen-bond donors (Lipinski definition) is 0. The van der Waals surface area contributed by atoms with E-state index in [1.54, 1.807) is 7.11 Å². The number of Topliss-reactive ketones (excluding diaryl/α,β-unsaturated/α-hetero) is 1. The van der Waals surface area contributed by atoms with Crippen molar-refractivity contribution in [1.82, 2.24) is 4.90 Å². The molecule has 1 aromatic rings. The molecule has 0 heterocycles. The Labute approximate surface area is 90.7 Å². The maximum Gasteiger partial charge on any atom is 0.151 e. The van der Waals surface area contributed by atoms with Gasteiger partial charge >= 0.3 is 0 Å². The van der Waals surface area contributed by atoms with Crippen molar-refractivity contribution in [2.24, 2.45) is 0 Å². The van der Waals surface area contributed by atoms with Gasteiger partial charge in [-0.2, -0.15) is 0 Å². The van der Waals surface area contributed by atoms with Crippen molar-refractivity contribution in [3.63, 3.8) is 0 Å². The van der Waals surface area contributed by atoms with Gasteiger partial charge in [0.25, 0.3) is 0 Å². The first-order valence-corrected chi connectivity index (χ1v) is 4.92. The van der Waals surface area contributed by atoms with Gasteiger partial charge < -0.3 is 9.64 Å². The Kier molecular flexibility index (Phi) is 4.31. The molecule has 1 rings (SSSR count). The molecule has 0 aliphatic heterocycles. The number of hydrogen-bond acceptors (Lipinski definition) is 3. The van der Waals surface area contributed by atoms with Crippen molar-refractivity contribution in [1.29, 1.82) is 0 Å². The number of carbonyl (C=O) groups excluding carboxylic acids is 1. The maximum atomic E-state index is 11.6. The molecule has 0 N–H and O–H groups in total. The Bertz CT molecular complexity index is 334. The van der Waals surface area contributed by atoms with E-state index in [1.165, 1.54) is 0 Å². The van der Waals surface area contributed by atoms with Crippen molar-refractivity contribution in [2.75, 3.05) is 27.7 Å². The number of benzene rings is 1. The molecule has 0 saturated heterocycles. The molecule has 0 fully saturated rings. The predicted octanol–water partition coefficient (Wildman–Crippen LogP) is 1.37. The summed E-state index contributed by atoms with van der Waals surface area (Å²) in [5.41, 5.74) is 0.951. The van der Waals surface area contributed by atoms with E-state index in [-0.39, 0.29) is 5.78 Å². The lowest BCUT2D eigenvalue weighted by molar-refractivity contribution is -0.119. The molecule has 0 aliphatic carbocycles. The molecule has 0 amide bonds. The van der Waals surface area contributed by atoms with Crippen molar-refractivity contribution in [2.45, 2.75) is 6.42 Å². The molecule has 0 unspecified atom stereocenters. The van der Waals surface area contributed by atoms with Crippen LogP contribution in [0.1, 0.15) is 5.56 Å². The smallest absolute Gasteiger partial charge is 0.151 e. The minimum Gasteiger partial charge on any atom is -0.496 e. The van der Waals surface area contributed by atoms with E-state index in [9.17, 15) is 4.79 Å². The molecule has 0 spiro atoms. The highest BCUT2D eigenvalue weighted by Gasteiger charge is 2.08. The quantitative estimate of drug-likeness (QED) is 0.730. The van der Waals surface area contributed by atoms with Crippen molar-refractivity contribution in [3.05, 3.63) is 29.8 Å². The molecule has 3 nitrogen and oxygen atoms in total. The number of rotatable bonds is 5. The van der Waals surface area contributed by atoms with Gasteiger partial charge in [-0.3, -0.25) is 4.79 Å². The van der Waals surface area contributed by atoms with Gasteiger partial charge in [0.2, 0.25) is 0 Å². The molecular formula is C12H17NO2. The minimum absolute atomic E-state index is 0.199. The van der Waals surface area contributed by atoms with Gasteiger partial charge in [0.15, 0.2) is 5.78 Å². The summed E-state index contributed by atoms with van der Waals surface area (Å²) < 4.78 is 5.19. The zero-order chi connectivity index (χ0) is 11.3. The van der Waals surface area contributed by atoms with Crippen LogP contribution in [0.2, 0.25) is 0 Å². The molecule has 0 saturated carbocycles. The summed E-state index contributed by atoms with van der Waals surface area (Å²) in [5, 5.41) is 0. The zero-order valence-electron chi connectivity index (χ0n) is 9.49. The average Bonchev–Trinajstić information content (AvgIpc) is 2.17. The highest BCUT2D eigenvalue weighted by Crippen LogP contribution is 2.17. The van der Waals surface area contributed by atoms with Crippen LogP contribution in [0.25, 0.3) is 0 Å². The van der Waals surface area contributed by atoms with E-state index in [2.05, 4.69) is 0 Å². The first kappa shape index (κ1) is 11.7. The molecule has 0 aliphatic rings. The van der Waals surface area contributed by atoms with E-state index in [0.29, 0.717) is 13.0 Å². The first-order chi connectivity index (χ1) is 7.13. The van der Waals surface area contributed by atoms with Crippen molar-refractivity contribution < 1.29 is 9.53 Å². The van der Waals surface area contributed by atoms with Crippen molar-refractivity contribution in [3.8, 4) is 5.75 Å². The second kappa shape index (κ2) is 5.51. The van der Waals surface area contributed by atoms with Gasteiger partial charge in [-0.15, -0.1) is 0 Å². The predicted molar refractivity (Wildman–Crippen MR) is 60.3 cm³/mol. The van der Waals surface area contributed by atoms with Crippen LogP contribution in [0, 0.1) is 0 Å². The average molecular weight is 207 g/mol. The molecule has 1 aromatic carbocycles. The largest absolute Gasteiger partial charge is 0.496 e. The first-order valence-electron chi connectivity index (χ1n) is 4.92. The molecule has 0 bridgehead atoms. The zero-order valence-corrected chi connectivity index (χ0v) is 9.49. The van der Waals surface area contributed by atoms with Gasteiger partial charge in [-0.1, -0.05) is 18.2 Å². The third kappa shape index (κ3) is 3.72. The van der Waals surface area contributed by atoms with Crippen molar-refractivity contribution >= 4 is 5.78 Å². The van der Waals surface area contributed by atoms with E-state index in [1.807, 2.05) is 43.3 Å². The Morgan fingerprint density at radius 3 is 2.60 bits per heavy atom. The number of carbonyl (C=O) groups is 1. The normalized spacial score (nSPS) is 10.4. The van der Waals surface area contributed by atoms with Crippen LogP contribution < -0.4 is 4.74 Å². The molecule has 0 aromatic heterocycles. The highest BCUT2D eigenvalue weighted by molar-refractivity contribution is 5.83. The number of methoxy groups -OCH3 is 1. The number of ether oxygens (including phenoxy) is 1. The van der Waals surface area contributed by atoms with Crippen LogP contribution in [-0.2, 0) is 11.2 Å². The summed E-state index contributed by atoms with van der Waals surface area (Å²) in [6.07, 6.45) is 0.433. The Morgan fingerprint density at radius 2 is 2.00 bits per heavy atom.